The van der Waals surface area contributed by atoms with Gasteiger partial charge in [0.1, 0.15) is 12.4 Å². The van der Waals surface area contributed by atoms with Gasteiger partial charge in [-0.3, -0.25) is 9.59 Å². The highest BCUT2D eigenvalue weighted by Crippen LogP contribution is 2.29. The first-order valence-corrected chi connectivity index (χ1v) is 9.90. The van der Waals surface area contributed by atoms with Gasteiger partial charge < -0.3 is 20.1 Å². The zero-order valence-corrected chi connectivity index (χ0v) is 16.8. The molecule has 1 aromatic rings. The van der Waals surface area contributed by atoms with E-state index < -0.39 is 12.0 Å². The van der Waals surface area contributed by atoms with Crippen molar-refractivity contribution in [1.29, 1.82) is 0 Å². The summed E-state index contributed by atoms with van der Waals surface area (Å²) in [5.41, 5.74) is 1.16. The second-order valence-corrected chi connectivity index (χ2v) is 7.28. The molecular weight excluding hydrogens is 396 g/mol. The molecule has 7 nitrogen and oxygen atoms in total. The monoisotopic (exact) mass is 418 g/mol. The molecule has 3 rings (SSSR count). The second kappa shape index (κ2) is 9.60. The molecule has 2 atom stereocenters. The summed E-state index contributed by atoms with van der Waals surface area (Å²) in [4.78, 5) is 36.4. The molecule has 0 bridgehead atoms. The largest absolute Gasteiger partial charge is 0.488 e. The third-order valence-corrected chi connectivity index (χ3v) is 4.98. The van der Waals surface area contributed by atoms with Crippen LogP contribution in [0.5, 0.6) is 5.75 Å². The number of benzene rings is 1. The van der Waals surface area contributed by atoms with Crippen LogP contribution in [0.25, 0.3) is 6.08 Å². The molecule has 0 aromatic heterocycles. The number of carbonyl (C=O) groups excluding carboxylic acids is 3. The number of carbonyl (C=O) groups is 3. The molecule has 29 heavy (non-hydrogen) atoms. The van der Waals surface area contributed by atoms with Gasteiger partial charge in [0.2, 0.25) is 5.91 Å². The van der Waals surface area contributed by atoms with Crippen LogP contribution in [0, 0.1) is 5.92 Å². The minimum absolute atomic E-state index is 0.0439. The number of fused-ring (bicyclic) bond motifs is 1. The van der Waals surface area contributed by atoms with Crippen LogP contribution in [0.4, 0.5) is 0 Å². The van der Waals surface area contributed by atoms with Crippen molar-refractivity contribution >= 4 is 35.5 Å². The van der Waals surface area contributed by atoms with E-state index in [1.807, 2.05) is 0 Å². The van der Waals surface area contributed by atoms with Gasteiger partial charge in [0.15, 0.2) is 0 Å². The van der Waals surface area contributed by atoms with Gasteiger partial charge in [0, 0.05) is 35.2 Å². The Labute approximate surface area is 174 Å². The number of ether oxygens (including phenoxy) is 2. The van der Waals surface area contributed by atoms with E-state index >= 15 is 0 Å². The van der Waals surface area contributed by atoms with Crippen molar-refractivity contribution < 1.29 is 23.9 Å². The number of esters is 1. The molecule has 2 aliphatic rings. The van der Waals surface area contributed by atoms with Crippen molar-refractivity contribution in [2.24, 2.45) is 5.92 Å². The molecule has 0 spiro atoms. The maximum absolute atomic E-state index is 12.8. The number of rotatable bonds is 7. The average Bonchev–Trinajstić information content (AvgIpc) is 3.10. The van der Waals surface area contributed by atoms with Crippen molar-refractivity contribution in [2.45, 2.75) is 25.8 Å². The molecule has 0 aliphatic carbocycles. The topological polar surface area (TPSA) is 93.7 Å². The van der Waals surface area contributed by atoms with E-state index in [1.54, 1.807) is 37.3 Å². The highest BCUT2D eigenvalue weighted by molar-refractivity contribution is 6.30. The fourth-order valence-electron chi connectivity index (χ4n) is 3.29. The summed E-state index contributed by atoms with van der Waals surface area (Å²) < 4.78 is 10.5. The number of halogens is 1. The zero-order valence-electron chi connectivity index (χ0n) is 16.1. The summed E-state index contributed by atoms with van der Waals surface area (Å²) in [7, 11) is 0. The van der Waals surface area contributed by atoms with Crippen molar-refractivity contribution in [3.63, 3.8) is 0 Å². The summed E-state index contributed by atoms with van der Waals surface area (Å²) >= 11 is 6.02. The van der Waals surface area contributed by atoms with E-state index in [2.05, 4.69) is 10.6 Å². The normalized spacial score (nSPS) is 19.0. The molecule has 8 heteroatoms. The predicted octanol–water partition coefficient (Wildman–Crippen LogP) is 2.25. The maximum atomic E-state index is 12.8. The SMILES string of the molecule is CCOC(=O)/C=C/[C@H](C[C@@H]1CCNC1=O)NC(=O)C1=Cc2cc(Cl)ccc2OC1. The predicted molar refractivity (Wildman–Crippen MR) is 108 cm³/mol. The summed E-state index contributed by atoms with van der Waals surface area (Å²) in [6.45, 7) is 2.71. The van der Waals surface area contributed by atoms with Crippen LogP contribution in [0.1, 0.15) is 25.3 Å². The van der Waals surface area contributed by atoms with Gasteiger partial charge in [-0.2, -0.15) is 0 Å². The lowest BCUT2D eigenvalue weighted by atomic mass is 9.97. The Kier molecular flexibility index (Phi) is 6.93. The van der Waals surface area contributed by atoms with E-state index in [1.165, 1.54) is 6.08 Å². The van der Waals surface area contributed by atoms with Crippen LogP contribution in [0.15, 0.2) is 35.9 Å². The Balaban J connectivity index is 1.72. The highest BCUT2D eigenvalue weighted by atomic mass is 35.5. The maximum Gasteiger partial charge on any atom is 0.330 e. The zero-order chi connectivity index (χ0) is 20.8. The lowest BCUT2D eigenvalue weighted by Crippen LogP contribution is -2.38. The van der Waals surface area contributed by atoms with Crippen molar-refractivity contribution in [2.75, 3.05) is 19.8 Å². The summed E-state index contributed by atoms with van der Waals surface area (Å²) in [5, 5.41) is 6.21. The third kappa shape index (κ3) is 5.60. The van der Waals surface area contributed by atoms with Gasteiger partial charge in [0.05, 0.1) is 12.2 Å². The molecule has 2 N–H and O–H groups in total. The molecule has 0 radical (unpaired) electrons. The molecule has 1 fully saturated rings. The number of nitrogens with one attached hydrogen (secondary N) is 2. The van der Waals surface area contributed by atoms with Crippen molar-refractivity contribution in [3.05, 3.63) is 46.5 Å². The van der Waals surface area contributed by atoms with Crippen LogP contribution in [0.2, 0.25) is 5.02 Å². The minimum Gasteiger partial charge on any atom is -0.488 e. The van der Waals surface area contributed by atoms with Crippen LogP contribution in [-0.4, -0.2) is 43.6 Å². The van der Waals surface area contributed by atoms with E-state index in [-0.39, 0.29) is 30.9 Å². The molecule has 1 saturated heterocycles. The Hall–Kier alpha value is -2.80. The Bertz CT molecular complexity index is 865. The molecule has 0 unspecified atom stereocenters. The summed E-state index contributed by atoms with van der Waals surface area (Å²) in [6.07, 6.45) is 5.66. The molecule has 0 saturated carbocycles. The fraction of sp³-hybridized carbons (Fsp3) is 0.381. The lowest BCUT2D eigenvalue weighted by molar-refractivity contribution is -0.137. The fourth-order valence-corrected chi connectivity index (χ4v) is 3.47. The minimum atomic E-state index is -0.498. The summed E-state index contributed by atoms with van der Waals surface area (Å²) in [5.74, 6) is -0.424. The third-order valence-electron chi connectivity index (χ3n) is 4.75. The van der Waals surface area contributed by atoms with Crippen LogP contribution >= 0.6 is 11.6 Å². The van der Waals surface area contributed by atoms with E-state index in [9.17, 15) is 14.4 Å². The Morgan fingerprint density at radius 3 is 3.00 bits per heavy atom. The second-order valence-electron chi connectivity index (χ2n) is 6.84. The molecule has 1 aromatic carbocycles. The Morgan fingerprint density at radius 1 is 1.45 bits per heavy atom. The van der Waals surface area contributed by atoms with Gasteiger partial charge in [-0.25, -0.2) is 4.79 Å². The number of hydrogen-bond donors (Lipinski definition) is 2. The standard InChI is InChI=1S/C21H23ClN2O5/c1-2-28-19(25)6-4-17(11-13-7-8-23-20(13)26)24-21(27)15-9-14-10-16(22)3-5-18(14)29-12-15/h3-6,9-10,13,17H,2,7-8,11-12H2,1H3,(H,23,26)(H,24,27)/b6-4+/t13-,17+/m0/s1. The first-order chi connectivity index (χ1) is 14.0. The van der Waals surface area contributed by atoms with Crippen molar-refractivity contribution in [3.8, 4) is 5.75 Å². The average molecular weight is 419 g/mol. The molecule has 2 amide bonds. The van der Waals surface area contributed by atoms with E-state index in [0.717, 1.165) is 5.56 Å². The lowest BCUT2D eigenvalue weighted by Gasteiger charge is -2.21. The smallest absolute Gasteiger partial charge is 0.330 e. The van der Waals surface area contributed by atoms with Crippen molar-refractivity contribution in [1.82, 2.24) is 10.6 Å². The van der Waals surface area contributed by atoms with Crippen LogP contribution in [-0.2, 0) is 19.1 Å². The summed E-state index contributed by atoms with van der Waals surface area (Å²) in [6, 6.07) is 4.71. The molecular formula is C21H23ClN2O5. The van der Waals surface area contributed by atoms with Gasteiger partial charge in [-0.05, 0) is 44.0 Å². The quantitative estimate of drug-likeness (QED) is 0.523. The molecule has 2 aliphatic heterocycles. The Morgan fingerprint density at radius 2 is 2.28 bits per heavy atom. The van der Waals surface area contributed by atoms with E-state index in [4.69, 9.17) is 21.1 Å². The van der Waals surface area contributed by atoms with Crippen LogP contribution < -0.4 is 15.4 Å². The highest BCUT2D eigenvalue weighted by Gasteiger charge is 2.28. The van der Waals surface area contributed by atoms with Crippen LogP contribution in [0.3, 0.4) is 0 Å². The van der Waals surface area contributed by atoms with Gasteiger partial charge in [0.25, 0.3) is 5.91 Å². The number of hydrogen-bond acceptors (Lipinski definition) is 5. The number of amides is 2. The van der Waals surface area contributed by atoms with Gasteiger partial charge >= 0.3 is 5.97 Å². The van der Waals surface area contributed by atoms with Gasteiger partial charge in [-0.15, -0.1) is 0 Å². The first-order valence-electron chi connectivity index (χ1n) is 9.52. The van der Waals surface area contributed by atoms with E-state index in [0.29, 0.717) is 35.7 Å². The van der Waals surface area contributed by atoms with Gasteiger partial charge in [-0.1, -0.05) is 17.7 Å². The molecule has 2 heterocycles. The molecule has 154 valence electrons. The first kappa shape index (κ1) is 20.9.